The fourth-order valence-electron chi connectivity index (χ4n) is 2.16. The lowest BCUT2D eigenvalue weighted by molar-refractivity contribution is 0.146. The molecule has 1 heterocycles. The number of nitrogens with one attached hydrogen (secondary N) is 1. The van der Waals surface area contributed by atoms with Crippen LogP contribution in [0.15, 0.2) is 12.1 Å². The molecule has 0 aromatic heterocycles. The van der Waals surface area contributed by atoms with Gasteiger partial charge in [0.05, 0.1) is 13.2 Å². The standard InChI is InChI=1S/C14H19Cl2NO2/c15-3-7-18-5-1-4-17-10-12-9-13(16)8-11-2-6-19-14(11)12/h8-9,17H,1-7,10H2. The van der Waals surface area contributed by atoms with Crippen molar-refractivity contribution >= 4 is 23.2 Å². The molecule has 0 unspecified atom stereocenters. The molecule has 1 aromatic carbocycles. The van der Waals surface area contributed by atoms with Crippen molar-refractivity contribution in [1.82, 2.24) is 5.32 Å². The maximum Gasteiger partial charge on any atom is 0.127 e. The number of hydrogen-bond donors (Lipinski definition) is 1. The van der Waals surface area contributed by atoms with Crippen molar-refractivity contribution in [3.05, 3.63) is 28.3 Å². The summed E-state index contributed by atoms with van der Waals surface area (Å²) in [6.07, 6.45) is 1.93. The topological polar surface area (TPSA) is 30.5 Å². The number of benzene rings is 1. The first-order chi connectivity index (χ1) is 9.31. The minimum atomic E-state index is 0.555. The van der Waals surface area contributed by atoms with Gasteiger partial charge in [-0.15, -0.1) is 11.6 Å². The Labute approximate surface area is 124 Å². The van der Waals surface area contributed by atoms with E-state index >= 15 is 0 Å². The molecule has 1 aromatic rings. The number of alkyl halides is 1. The van der Waals surface area contributed by atoms with Crippen LogP contribution < -0.4 is 10.1 Å². The Bertz CT molecular complexity index is 413. The van der Waals surface area contributed by atoms with Crippen LogP contribution >= 0.6 is 23.2 Å². The van der Waals surface area contributed by atoms with E-state index in [0.29, 0.717) is 12.5 Å². The highest BCUT2D eigenvalue weighted by molar-refractivity contribution is 6.30. The molecule has 0 aliphatic carbocycles. The van der Waals surface area contributed by atoms with E-state index in [-0.39, 0.29) is 0 Å². The van der Waals surface area contributed by atoms with Crippen molar-refractivity contribution in [3.63, 3.8) is 0 Å². The Morgan fingerprint density at radius 1 is 1.32 bits per heavy atom. The van der Waals surface area contributed by atoms with Crippen LogP contribution in [0.4, 0.5) is 0 Å². The first-order valence-corrected chi connectivity index (χ1v) is 7.51. The lowest BCUT2D eigenvalue weighted by Gasteiger charge is -2.10. The SMILES string of the molecule is ClCCOCCCNCc1cc(Cl)cc2c1OCC2. The summed E-state index contributed by atoms with van der Waals surface area (Å²) in [7, 11) is 0. The normalized spacial score (nSPS) is 13.4. The fourth-order valence-corrected chi connectivity index (χ4v) is 2.53. The van der Waals surface area contributed by atoms with Crippen LogP contribution in [0.5, 0.6) is 5.75 Å². The molecule has 0 fully saturated rings. The monoisotopic (exact) mass is 303 g/mol. The van der Waals surface area contributed by atoms with Gasteiger partial charge in [-0.25, -0.2) is 0 Å². The minimum absolute atomic E-state index is 0.555. The average Bonchev–Trinajstić information content (AvgIpc) is 2.85. The lowest BCUT2D eigenvalue weighted by Crippen LogP contribution is -2.17. The minimum Gasteiger partial charge on any atom is -0.493 e. The van der Waals surface area contributed by atoms with Crippen molar-refractivity contribution < 1.29 is 9.47 Å². The van der Waals surface area contributed by atoms with Crippen LogP contribution in [0.1, 0.15) is 17.5 Å². The Kier molecular flexibility index (Phi) is 6.24. The number of hydrogen-bond acceptors (Lipinski definition) is 3. The lowest BCUT2D eigenvalue weighted by atomic mass is 10.1. The third-order valence-electron chi connectivity index (χ3n) is 3.00. The van der Waals surface area contributed by atoms with Gasteiger partial charge in [-0.05, 0) is 30.7 Å². The molecule has 1 aliphatic heterocycles. The fraction of sp³-hybridized carbons (Fsp3) is 0.571. The van der Waals surface area contributed by atoms with Gasteiger partial charge in [-0.1, -0.05) is 11.6 Å². The van der Waals surface area contributed by atoms with Gasteiger partial charge in [0.2, 0.25) is 0 Å². The highest BCUT2D eigenvalue weighted by Gasteiger charge is 2.16. The third-order valence-corrected chi connectivity index (χ3v) is 3.38. The van der Waals surface area contributed by atoms with Crippen molar-refractivity contribution in [2.75, 3.05) is 32.2 Å². The number of rotatable bonds is 8. The molecular weight excluding hydrogens is 285 g/mol. The van der Waals surface area contributed by atoms with Crippen LogP contribution in [-0.2, 0) is 17.7 Å². The molecule has 19 heavy (non-hydrogen) atoms. The van der Waals surface area contributed by atoms with Gasteiger partial charge in [-0.3, -0.25) is 0 Å². The predicted octanol–water partition coefficient (Wildman–Crippen LogP) is 3.01. The molecule has 0 saturated heterocycles. The second kappa shape index (κ2) is 7.95. The zero-order valence-electron chi connectivity index (χ0n) is 10.9. The highest BCUT2D eigenvalue weighted by atomic mass is 35.5. The van der Waals surface area contributed by atoms with E-state index < -0.39 is 0 Å². The van der Waals surface area contributed by atoms with Gasteiger partial charge in [0.1, 0.15) is 5.75 Å². The van der Waals surface area contributed by atoms with E-state index in [4.69, 9.17) is 32.7 Å². The zero-order valence-corrected chi connectivity index (χ0v) is 12.4. The Hall–Kier alpha value is -0.480. The van der Waals surface area contributed by atoms with Crippen molar-refractivity contribution in [2.24, 2.45) is 0 Å². The van der Waals surface area contributed by atoms with E-state index in [9.17, 15) is 0 Å². The molecular formula is C14H19Cl2NO2. The summed E-state index contributed by atoms with van der Waals surface area (Å²) in [5.41, 5.74) is 2.36. The molecule has 0 saturated carbocycles. The molecule has 0 spiro atoms. The number of fused-ring (bicyclic) bond motifs is 1. The maximum absolute atomic E-state index is 6.11. The molecule has 2 rings (SSSR count). The molecule has 5 heteroatoms. The van der Waals surface area contributed by atoms with E-state index in [0.717, 1.165) is 55.5 Å². The molecule has 1 aliphatic rings. The summed E-state index contributed by atoms with van der Waals surface area (Å²) in [5.74, 6) is 1.56. The summed E-state index contributed by atoms with van der Waals surface area (Å²) >= 11 is 11.6. The molecule has 0 atom stereocenters. The van der Waals surface area contributed by atoms with Gasteiger partial charge in [0.25, 0.3) is 0 Å². The second-order valence-corrected chi connectivity index (χ2v) is 5.30. The summed E-state index contributed by atoms with van der Waals surface area (Å²) in [6.45, 7) is 3.80. The number of ether oxygens (including phenoxy) is 2. The molecule has 106 valence electrons. The van der Waals surface area contributed by atoms with Gasteiger partial charge >= 0.3 is 0 Å². The van der Waals surface area contributed by atoms with Crippen molar-refractivity contribution in [1.29, 1.82) is 0 Å². The number of halogens is 2. The van der Waals surface area contributed by atoms with E-state index in [2.05, 4.69) is 5.32 Å². The van der Waals surface area contributed by atoms with Crippen LogP contribution in [0.2, 0.25) is 5.02 Å². The van der Waals surface area contributed by atoms with Crippen LogP contribution in [0.25, 0.3) is 0 Å². The summed E-state index contributed by atoms with van der Waals surface area (Å²) < 4.78 is 11.0. The Balaban J connectivity index is 1.74. The van der Waals surface area contributed by atoms with Crippen molar-refractivity contribution in [2.45, 2.75) is 19.4 Å². The highest BCUT2D eigenvalue weighted by Crippen LogP contribution is 2.32. The average molecular weight is 304 g/mol. The quantitative estimate of drug-likeness (QED) is 0.591. The third kappa shape index (κ3) is 4.53. The Morgan fingerprint density at radius 2 is 2.21 bits per heavy atom. The zero-order chi connectivity index (χ0) is 13.5. The summed E-state index contributed by atoms with van der Waals surface area (Å²) in [6, 6.07) is 3.97. The van der Waals surface area contributed by atoms with Crippen LogP contribution in [0.3, 0.4) is 0 Å². The molecule has 0 radical (unpaired) electrons. The summed E-state index contributed by atoms with van der Waals surface area (Å²) in [4.78, 5) is 0. The van der Waals surface area contributed by atoms with E-state index in [1.54, 1.807) is 0 Å². The maximum atomic E-state index is 6.11. The smallest absolute Gasteiger partial charge is 0.127 e. The molecule has 3 nitrogen and oxygen atoms in total. The first-order valence-electron chi connectivity index (χ1n) is 6.60. The van der Waals surface area contributed by atoms with Crippen molar-refractivity contribution in [3.8, 4) is 5.75 Å². The molecule has 1 N–H and O–H groups in total. The Morgan fingerprint density at radius 3 is 3.05 bits per heavy atom. The first kappa shape index (κ1) is 14.9. The van der Waals surface area contributed by atoms with Gasteiger partial charge in [0.15, 0.2) is 0 Å². The largest absolute Gasteiger partial charge is 0.493 e. The second-order valence-electron chi connectivity index (χ2n) is 4.48. The predicted molar refractivity (Wildman–Crippen MR) is 78.5 cm³/mol. The van der Waals surface area contributed by atoms with E-state index in [1.807, 2.05) is 12.1 Å². The van der Waals surface area contributed by atoms with Gasteiger partial charge in [0, 0.05) is 36.0 Å². The summed E-state index contributed by atoms with van der Waals surface area (Å²) in [5, 5.41) is 4.17. The van der Waals surface area contributed by atoms with Gasteiger partial charge in [-0.2, -0.15) is 0 Å². The van der Waals surface area contributed by atoms with Gasteiger partial charge < -0.3 is 14.8 Å². The molecule has 0 amide bonds. The van der Waals surface area contributed by atoms with Crippen LogP contribution in [0, 0.1) is 0 Å². The van der Waals surface area contributed by atoms with Crippen LogP contribution in [-0.4, -0.2) is 32.2 Å². The van der Waals surface area contributed by atoms with E-state index in [1.165, 1.54) is 5.56 Å². The molecule has 0 bridgehead atoms.